The van der Waals surface area contributed by atoms with E-state index in [9.17, 15) is 9.59 Å². The molecule has 2 aromatic heterocycles. The van der Waals surface area contributed by atoms with E-state index in [0.29, 0.717) is 11.1 Å². The molecular formula is C19H26N4O3. The number of amides is 1. The quantitative estimate of drug-likeness (QED) is 0.848. The van der Waals surface area contributed by atoms with Gasteiger partial charge in [0.2, 0.25) is 0 Å². The Kier molecular flexibility index (Phi) is 5.25. The highest BCUT2D eigenvalue weighted by molar-refractivity contribution is 6.05. The topological polar surface area (TPSA) is 86.1 Å². The SMILES string of the molecule is COC(=O)[C@@H](NC(=O)c1cc(C)nc2c1nc1n2CCCCC1)C(C)C. The highest BCUT2D eigenvalue weighted by Crippen LogP contribution is 2.24. The number of rotatable bonds is 4. The van der Waals surface area contributed by atoms with E-state index in [1.165, 1.54) is 13.5 Å². The summed E-state index contributed by atoms with van der Waals surface area (Å²) in [6.07, 6.45) is 4.27. The van der Waals surface area contributed by atoms with Gasteiger partial charge in [-0.1, -0.05) is 20.3 Å². The molecule has 1 atom stereocenters. The van der Waals surface area contributed by atoms with Crippen molar-refractivity contribution in [3.8, 4) is 0 Å². The van der Waals surface area contributed by atoms with Crippen LogP contribution in [0.25, 0.3) is 11.2 Å². The Morgan fingerprint density at radius 3 is 2.69 bits per heavy atom. The lowest BCUT2D eigenvalue weighted by Crippen LogP contribution is -2.45. The molecule has 0 saturated carbocycles. The Labute approximate surface area is 153 Å². The fourth-order valence-electron chi connectivity index (χ4n) is 3.43. The van der Waals surface area contributed by atoms with E-state index in [1.54, 1.807) is 6.07 Å². The van der Waals surface area contributed by atoms with Crippen molar-refractivity contribution in [2.75, 3.05) is 7.11 Å². The molecule has 0 aliphatic carbocycles. The van der Waals surface area contributed by atoms with Crippen LogP contribution in [0.1, 0.15) is 55.0 Å². The number of nitrogens with one attached hydrogen (secondary N) is 1. The molecule has 7 heteroatoms. The zero-order valence-electron chi connectivity index (χ0n) is 15.8. The number of fused-ring (bicyclic) bond motifs is 3. The highest BCUT2D eigenvalue weighted by atomic mass is 16.5. The lowest BCUT2D eigenvalue weighted by atomic mass is 10.0. The molecule has 0 bridgehead atoms. The lowest BCUT2D eigenvalue weighted by Gasteiger charge is -2.20. The molecule has 0 radical (unpaired) electrons. The van der Waals surface area contributed by atoms with Crippen molar-refractivity contribution in [2.24, 2.45) is 5.92 Å². The van der Waals surface area contributed by atoms with Crippen LogP contribution in [0, 0.1) is 12.8 Å². The molecule has 7 nitrogen and oxygen atoms in total. The number of nitrogens with zero attached hydrogens (tertiary/aromatic N) is 3. The number of ether oxygens (including phenoxy) is 1. The van der Waals surface area contributed by atoms with Gasteiger partial charge < -0.3 is 14.6 Å². The van der Waals surface area contributed by atoms with Crippen LogP contribution in [0.15, 0.2) is 6.07 Å². The number of hydrogen-bond acceptors (Lipinski definition) is 5. The fourth-order valence-corrected chi connectivity index (χ4v) is 3.43. The molecule has 1 N–H and O–H groups in total. The zero-order chi connectivity index (χ0) is 18.8. The Bertz CT molecular complexity index is 841. The van der Waals surface area contributed by atoms with E-state index in [4.69, 9.17) is 9.72 Å². The molecule has 0 aromatic carbocycles. The van der Waals surface area contributed by atoms with Crippen molar-refractivity contribution in [1.29, 1.82) is 0 Å². The summed E-state index contributed by atoms with van der Waals surface area (Å²) in [6, 6.07) is 1.04. The number of aromatic nitrogens is 3. The van der Waals surface area contributed by atoms with Crippen LogP contribution in [0.2, 0.25) is 0 Å². The molecule has 0 fully saturated rings. The summed E-state index contributed by atoms with van der Waals surface area (Å²) in [6.45, 7) is 6.48. The third-order valence-electron chi connectivity index (χ3n) is 4.85. The molecule has 26 heavy (non-hydrogen) atoms. The summed E-state index contributed by atoms with van der Waals surface area (Å²) in [5, 5.41) is 2.81. The number of methoxy groups -OCH3 is 1. The molecular weight excluding hydrogens is 332 g/mol. The summed E-state index contributed by atoms with van der Waals surface area (Å²) in [4.78, 5) is 34.3. The van der Waals surface area contributed by atoms with Crippen LogP contribution < -0.4 is 5.32 Å². The van der Waals surface area contributed by atoms with Crippen LogP contribution in [0.3, 0.4) is 0 Å². The largest absolute Gasteiger partial charge is 0.467 e. The van der Waals surface area contributed by atoms with Crippen molar-refractivity contribution in [2.45, 2.75) is 59.0 Å². The zero-order valence-corrected chi connectivity index (χ0v) is 15.8. The van der Waals surface area contributed by atoms with Gasteiger partial charge in [-0.2, -0.15) is 0 Å². The van der Waals surface area contributed by atoms with Crippen LogP contribution in [0.5, 0.6) is 0 Å². The Balaban J connectivity index is 2.01. The van der Waals surface area contributed by atoms with Crippen LogP contribution in [0.4, 0.5) is 0 Å². The van der Waals surface area contributed by atoms with Gasteiger partial charge in [0, 0.05) is 18.7 Å². The number of pyridine rings is 1. The summed E-state index contributed by atoms with van der Waals surface area (Å²) in [5.41, 5.74) is 2.58. The molecule has 3 rings (SSSR count). The predicted molar refractivity (Wildman–Crippen MR) is 97.9 cm³/mol. The van der Waals surface area contributed by atoms with Gasteiger partial charge in [-0.25, -0.2) is 14.8 Å². The smallest absolute Gasteiger partial charge is 0.328 e. The third kappa shape index (κ3) is 3.43. The molecule has 1 aliphatic rings. The number of carbonyl (C=O) groups is 2. The van der Waals surface area contributed by atoms with Crippen molar-refractivity contribution in [1.82, 2.24) is 19.9 Å². The average Bonchev–Trinajstić information content (AvgIpc) is 2.79. The second kappa shape index (κ2) is 7.43. The van der Waals surface area contributed by atoms with E-state index in [2.05, 4.69) is 14.9 Å². The molecule has 1 aliphatic heterocycles. The molecule has 1 amide bonds. The van der Waals surface area contributed by atoms with Gasteiger partial charge in [0.25, 0.3) is 5.91 Å². The van der Waals surface area contributed by atoms with Gasteiger partial charge in [-0.3, -0.25) is 4.79 Å². The van der Waals surface area contributed by atoms with Gasteiger partial charge in [0.1, 0.15) is 17.4 Å². The van der Waals surface area contributed by atoms with Gasteiger partial charge in [-0.05, 0) is 31.7 Å². The van der Waals surface area contributed by atoms with Crippen LogP contribution in [-0.2, 0) is 22.5 Å². The van der Waals surface area contributed by atoms with Gasteiger partial charge in [0.15, 0.2) is 5.65 Å². The second-order valence-electron chi connectivity index (χ2n) is 7.19. The first-order valence-corrected chi connectivity index (χ1v) is 9.17. The third-order valence-corrected chi connectivity index (χ3v) is 4.85. The highest BCUT2D eigenvalue weighted by Gasteiger charge is 2.27. The van der Waals surface area contributed by atoms with E-state index < -0.39 is 12.0 Å². The van der Waals surface area contributed by atoms with Crippen LogP contribution >= 0.6 is 0 Å². The van der Waals surface area contributed by atoms with Crippen LogP contribution in [-0.4, -0.2) is 39.6 Å². The maximum atomic E-state index is 12.9. The summed E-state index contributed by atoms with van der Waals surface area (Å²) >= 11 is 0. The molecule has 2 aromatic rings. The monoisotopic (exact) mass is 358 g/mol. The molecule has 0 unspecified atom stereocenters. The maximum Gasteiger partial charge on any atom is 0.328 e. The number of aryl methyl sites for hydroxylation is 3. The van der Waals surface area contributed by atoms with Crippen molar-refractivity contribution < 1.29 is 14.3 Å². The molecule has 0 saturated heterocycles. The van der Waals surface area contributed by atoms with E-state index in [-0.39, 0.29) is 11.8 Å². The summed E-state index contributed by atoms with van der Waals surface area (Å²) in [7, 11) is 1.32. The van der Waals surface area contributed by atoms with E-state index in [1.807, 2.05) is 20.8 Å². The molecule has 140 valence electrons. The summed E-state index contributed by atoms with van der Waals surface area (Å²) < 4.78 is 6.95. The first kappa shape index (κ1) is 18.4. The van der Waals surface area contributed by atoms with Crippen molar-refractivity contribution in [3.63, 3.8) is 0 Å². The number of carbonyl (C=O) groups excluding carboxylic acids is 2. The maximum absolute atomic E-state index is 12.9. The van der Waals surface area contributed by atoms with Gasteiger partial charge in [0.05, 0.1) is 12.7 Å². The standard InChI is InChI=1S/C19H26N4O3/c1-11(2)15(19(25)26-4)22-18(24)13-10-12(3)20-17-16(13)21-14-8-6-5-7-9-23(14)17/h10-11,15H,5-9H2,1-4H3,(H,22,24)/t15-/m0/s1. The Hall–Kier alpha value is -2.44. The van der Waals surface area contributed by atoms with E-state index in [0.717, 1.165) is 43.0 Å². The minimum Gasteiger partial charge on any atom is -0.467 e. The van der Waals surface area contributed by atoms with Crippen molar-refractivity contribution >= 4 is 23.0 Å². The average molecular weight is 358 g/mol. The number of hydrogen-bond donors (Lipinski definition) is 1. The minimum atomic E-state index is -0.698. The number of imidazole rings is 1. The molecule has 3 heterocycles. The Morgan fingerprint density at radius 2 is 2.00 bits per heavy atom. The number of esters is 1. The normalized spacial score (nSPS) is 15.4. The van der Waals surface area contributed by atoms with Gasteiger partial charge in [-0.15, -0.1) is 0 Å². The lowest BCUT2D eigenvalue weighted by molar-refractivity contribution is -0.144. The fraction of sp³-hybridized carbons (Fsp3) is 0.579. The second-order valence-corrected chi connectivity index (χ2v) is 7.19. The first-order chi connectivity index (χ1) is 12.4. The first-order valence-electron chi connectivity index (χ1n) is 9.17. The Morgan fingerprint density at radius 1 is 1.23 bits per heavy atom. The van der Waals surface area contributed by atoms with E-state index >= 15 is 0 Å². The van der Waals surface area contributed by atoms with Crippen molar-refractivity contribution in [3.05, 3.63) is 23.1 Å². The molecule has 0 spiro atoms. The minimum absolute atomic E-state index is 0.0801. The van der Waals surface area contributed by atoms with Gasteiger partial charge >= 0.3 is 5.97 Å². The predicted octanol–water partition coefficient (Wildman–Crippen LogP) is 2.39. The summed E-state index contributed by atoms with van der Waals surface area (Å²) in [5.74, 6) is 0.135.